The van der Waals surface area contributed by atoms with Gasteiger partial charge < -0.3 is 5.32 Å². The lowest BCUT2D eigenvalue weighted by Gasteiger charge is -2.08. The third-order valence-corrected chi connectivity index (χ3v) is 4.43. The molecule has 0 atom stereocenters. The number of benzene rings is 2. The number of sulfonamides is 1. The standard InChI is InChI=1S/C16H16N4O2S/c17-23(21,22)13-7-5-12(6-8-13)9-10-18-16-14-3-1-2-4-15(14)19-11-20-16/h1-8,11H,9-10H2,(H2,17,21,22)(H,18,19,20). The molecule has 0 saturated heterocycles. The minimum absolute atomic E-state index is 0.121. The number of rotatable bonds is 5. The Balaban J connectivity index is 1.67. The second-order valence-corrected chi connectivity index (χ2v) is 6.67. The van der Waals surface area contributed by atoms with Gasteiger partial charge >= 0.3 is 0 Å². The molecular weight excluding hydrogens is 312 g/mol. The first-order valence-corrected chi connectivity index (χ1v) is 8.64. The summed E-state index contributed by atoms with van der Waals surface area (Å²) in [6, 6.07) is 14.4. The van der Waals surface area contributed by atoms with Gasteiger partial charge in [0.05, 0.1) is 10.4 Å². The van der Waals surface area contributed by atoms with E-state index in [9.17, 15) is 8.42 Å². The van der Waals surface area contributed by atoms with Crippen molar-refractivity contribution < 1.29 is 8.42 Å². The molecule has 0 unspecified atom stereocenters. The van der Waals surface area contributed by atoms with Crippen LogP contribution in [0.3, 0.4) is 0 Å². The maximum absolute atomic E-state index is 11.2. The Hall–Kier alpha value is -2.51. The average molecular weight is 328 g/mol. The molecule has 7 heteroatoms. The number of nitrogens with two attached hydrogens (primary N) is 1. The normalized spacial score (nSPS) is 11.5. The molecule has 1 heterocycles. The summed E-state index contributed by atoms with van der Waals surface area (Å²) in [7, 11) is -3.64. The van der Waals surface area contributed by atoms with Gasteiger partial charge in [-0.3, -0.25) is 0 Å². The fourth-order valence-electron chi connectivity index (χ4n) is 2.32. The first kappa shape index (κ1) is 15.4. The molecular formula is C16H16N4O2S. The number of aromatic nitrogens is 2. The number of primary sulfonamides is 1. The molecule has 0 bridgehead atoms. The number of hydrogen-bond acceptors (Lipinski definition) is 5. The van der Waals surface area contributed by atoms with Gasteiger partial charge in [-0.2, -0.15) is 0 Å². The zero-order valence-electron chi connectivity index (χ0n) is 12.3. The first-order valence-electron chi connectivity index (χ1n) is 7.09. The van der Waals surface area contributed by atoms with Crippen molar-refractivity contribution in [2.75, 3.05) is 11.9 Å². The summed E-state index contributed by atoms with van der Waals surface area (Å²) in [4.78, 5) is 8.61. The van der Waals surface area contributed by atoms with Gasteiger partial charge in [0.25, 0.3) is 0 Å². The molecule has 0 fully saturated rings. The van der Waals surface area contributed by atoms with Gasteiger partial charge in [-0.15, -0.1) is 0 Å². The molecule has 0 aliphatic rings. The van der Waals surface area contributed by atoms with Crippen LogP contribution in [0.15, 0.2) is 59.8 Å². The lowest BCUT2D eigenvalue weighted by Crippen LogP contribution is -2.12. The van der Waals surface area contributed by atoms with Gasteiger partial charge in [-0.1, -0.05) is 24.3 Å². The molecule has 118 valence electrons. The maximum atomic E-state index is 11.2. The highest BCUT2D eigenvalue weighted by atomic mass is 32.2. The van der Waals surface area contributed by atoms with Gasteiger partial charge in [-0.05, 0) is 36.2 Å². The van der Waals surface area contributed by atoms with Gasteiger partial charge in [0, 0.05) is 11.9 Å². The number of hydrogen-bond donors (Lipinski definition) is 2. The number of nitrogens with one attached hydrogen (secondary N) is 1. The van der Waals surface area contributed by atoms with E-state index in [1.807, 2.05) is 24.3 Å². The summed E-state index contributed by atoms with van der Waals surface area (Å²) in [6.45, 7) is 0.676. The van der Waals surface area contributed by atoms with E-state index < -0.39 is 10.0 Å². The Morgan fingerprint density at radius 3 is 2.48 bits per heavy atom. The van der Waals surface area contributed by atoms with Crippen molar-refractivity contribution in [3.05, 3.63) is 60.4 Å². The fraction of sp³-hybridized carbons (Fsp3) is 0.125. The Bertz CT molecular complexity index is 919. The highest BCUT2D eigenvalue weighted by Crippen LogP contribution is 2.18. The predicted molar refractivity (Wildman–Crippen MR) is 89.5 cm³/mol. The molecule has 0 saturated carbocycles. The Kier molecular flexibility index (Phi) is 4.22. The molecule has 6 nitrogen and oxygen atoms in total. The van der Waals surface area contributed by atoms with E-state index in [1.54, 1.807) is 12.1 Å². The minimum Gasteiger partial charge on any atom is -0.369 e. The molecule has 0 spiro atoms. The van der Waals surface area contributed by atoms with E-state index in [0.717, 1.165) is 28.7 Å². The van der Waals surface area contributed by atoms with Crippen LogP contribution in [0.2, 0.25) is 0 Å². The van der Waals surface area contributed by atoms with Crippen molar-refractivity contribution >= 4 is 26.7 Å². The van der Waals surface area contributed by atoms with Crippen LogP contribution in [0.4, 0.5) is 5.82 Å². The van der Waals surface area contributed by atoms with Crippen LogP contribution in [0.25, 0.3) is 10.9 Å². The number of fused-ring (bicyclic) bond motifs is 1. The molecule has 3 N–H and O–H groups in total. The molecule has 23 heavy (non-hydrogen) atoms. The van der Waals surface area contributed by atoms with Crippen LogP contribution in [0.1, 0.15) is 5.56 Å². The molecule has 3 aromatic rings. The Morgan fingerprint density at radius 1 is 1.00 bits per heavy atom. The summed E-state index contributed by atoms with van der Waals surface area (Å²) in [6.07, 6.45) is 2.27. The highest BCUT2D eigenvalue weighted by Gasteiger charge is 2.07. The third-order valence-electron chi connectivity index (χ3n) is 3.50. The SMILES string of the molecule is NS(=O)(=O)c1ccc(CCNc2ncnc3ccccc23)cc1. The molecule has 1 aromatic heterocycles. The molecule has 2 aromatic carbocycles. The van der Waals surface area contributed by atoms with E-state index in [1.165, 1.54) is 18.5 Å². The topological polar surface area (TPSA) is 98.0 Å². The maximum Gasteiger partial charge on any atom is 0.238 e. The van der Waals surface area contributed by atoms with Gasteiger partial charge in [0.15, 0.2) is 0 Å². The van der Waals surface area contributed by atoms with Crippen molar-refractivity contribution in [3.8, 4) is 0 Å². The van der Waals surface area contributed by atoms with Crippen LogP contribution >= 0.6 is 0 Å². The lowest BCUT2D eigenvalue weighted by molar-refractivity contribution is 0.598. The monoisotopic (exact) mass is 328 g/mol. The average Bonchev–Trinajstić information content (AvgIpc) is 2.55. The highest BCUT2D eigenvalue weighted by molar-refractivity contribution is 7.89. The van der Waals surface area contributed by atoms with E-state index >= 15 is 0 Å². The zero-order valence-corrected chi connectivity index (χ0v) is 13.1. The third kappa shape index (κ3) is 3.64. The number of nitrogens with zero attached hydrogens (tertiary/aromatic N) is 2. The second kappa shape index (κ2) is 6.31. The van der Waals surface area contributed by atoms with Crippen molar-refractivity contribution in [2.24, 2.45) is 5.14 Å². The van der Waals surface area contributed by atoms with Gasteiger partial charge in [0.1, 0.15) is 12.1 Å². The predicted octanol–water partition coefficient (Wildman–Crippen LogP) is 1.93. The Morgan fingerprint density at radius 2 is 1.74 bits per heavy atom. The van der Waals surface area contributed by atoms with E-state index in [0.29, 0.717) is 6.54 Å². The summed E-state index contributed by atoms with van der Waals surface area (Å²) < 4.78 is 22.4. The quantitative estimate of drug-likeness (QED) is 0.746. The first-order chi connectivity index (χ1) is 11.0. The number of para-hydroxylation sites is 1. The van der Waals surface area contributed by atoms with Crippen LogP contribution in [-0.2, 0) is 16.4 Å². The van der Waals surface area contributed by atoms with Crippen LogP contribution in [-0.4, -0.2) is 24.9 Å². The van der Waals surface area contributed by atoms with Crippen LogP contribution in [0, 0.1) is 0 Å². The van der Waals surface area contributed by atoms with E-state index in [-0.39, 0.29) is 4.90 Å². The summed E-state index contributed by atoms with van der Waals surface area (Å²) in [5.74, 6) is 0.789. The van der Waals surface area contributed by atoms with Crippen molar-refractivity contribution in [3.63, 3.8) is 0 Å². The molecule has 0 aliphatic carbocycles. The summed E-state index contributed by atoms with van der Waals surface area (Å²) >= 11 is 0. The molecule has 0 radical (unpaired) electrons. The van der Waals surface area contributed by atoms with Crippen LogP contribution in [0.5, 0.6) is 0 Å². The Labute approximate surface area is 134 Å². The van der Waals surface area contributed by atoms with E-state index in [4.69, 9.17) is 5.14 Å². The number of anilines is 1. The van der Waals surface area contributed by atoms with Gasteiger partial charge in [0.2, 0.25) is 10.0 Å². The lowest BCUT2D eigenvalue weighted by atomic mass is 10.1. The zero-order chi connectivity index (χ0) is 16.3. The fourth-order valence-corrected chi connectivity index (χ4v) is 2.83. The van der Waals surface area contributed by atoms with Crippen molar-refractivity contribution in [1.82, 2.24) is 9.97 Å². The second-order valence-electron chi connectivity index (χ2n) is 5.11. The van der Waals surface area contributed by atoms with Crippen molar-refractivity contribution in [2.45, 2.75) is 11.3 Å². The molecule has 0 amide bonds. The minimum atomic E-state index is -3.64. The summed E-state index contributed by atoms with van der Waals surface area (Å²) in [5.41, 5.74) is 1.91. The summed E-state index contributed by atoms with van der Waals surface area (Å²) in [5, 5.41) is 9.34. The smallest absolute Gasteiger partial charge is 0.238 e. The van der Waals surface area contributed by atoms with Crippen LogP contribution < -0.4 is 10.5 Å². The van der Waals surface area contributed by atoms with Gasteiger partial charge in [-0.25, -0.2) is 23.5 Å². The molecule has 3 rings (SSSR count). The van der Waals surface area contributed by atoms with E-state index in [2.05, 4.69) is 15.3 Å². The van der Waals surface area contributed by atoms with Crippen molar-refractivity contribution in [1.29, 1.82) is 0 Å². The molecule has 0 aliphatic heterocycles. The largest absolute Gasteiger partial charge is 0.369 e.